The van der Waals surface area contributed by atoms with Gasteiger partial charge < -0.3 is 14.7 Å². The van der Waals surface area contributed by atoms with Gasteiger partial charge in [-0.15, -0.1) is 0 Å². The van der Waals surface area contributed by atoms with Crippen LogP contribution < -0.4 is 5.32 Å². The third-order valence-electron chi connectivity index (χ3n) is 5.59. The van der Waals surface area contributed by atoms with E-state index in [0.29, 0.717) is 24.7 Å². The number of carbonyl (C=O) groups is 1. The van der Waals surface area contributed by atoms with Gasteiger partial charge in [0.2, 0.25) is 11.8 Å². The van der Waals surface area contributed by atoms with Crippen molar-refractivity contribution in [2.75, 3.05) is 26.2 Å². The van der Waals surface area contributed by atoms with Crippen LogP contribution in [0.2, 0.25) is 0 Å². The lowest BCUT2D eigenvalue weighted by Gasteiger charge is -2.38. The zero-order valence-corrected chi connectivity index (χ0v) is 15.0. The van der Waals surface area contributed by atoms with Crippen LogP contribution >= 0.6 is 0 Å². The molecule has 0 spiro atoms. The number of carbonyl (C=O) groups excluding carboxylic acids is 1. The maximum Gasteiger partial charge on any atom is 0.229 e. The van der Waals surface area contributed by atoms with Gasteiger partial charge in [-0.05, 0) is 45.7 Å². The normalized spacial score (nSPS) is 25.9. The van der Waals surface area contributed by atoms with Crippen LogP contribution in [0.3, 0.4) is 0 Å². The fraction of sp³-hybridized carbons (Fsp3) is 0.833. The number of rotatable bonds is 6. The van der Waals surface area contributed by atoms with Crippen LogP contribution in [0.15, 0.2) is 4.52 Å². The molecule has 0 radical (unpaired) electrons. The van der Waals surface area contributed by atoms with Crippen LogP contribution in [0, 0.1) is 5.41 Å². The van der Waals surface area contributed by atoms with Gasteiger partial charge >= 0.3 is 0 Å². The highest BCUT2D eigenvalue weighted by molar-refractivity contribution is 5.82. The summed E-state index contributed by atoms with van der Waals surface area (Å²) < 4.78 is 5.39. The van der Waals surface area contributed by atoms with Crippen molar-refractivity contribution in [3.8, 4) is 0 Å². The zero-order chi connectivity index (χ0) is 17.0. The van der Waals surface area contributed by atoms with E-state index in [4.69, 9.17) is 4.52 Å². The molecule has 1 amide bonds. The van der Waals surface area contributed by atoms with Gasteiger partial charge in [-0.25, -0.2) is 0 Å². The Hall–Kier alpha value is -1.43. The van der Waals surface area contributed by atoms with Gasteiger partial charge in [-0.3, -0.25) is 4.79 Å². The summed E-state index contributed by atoms with van der Waals surface area (Å²) in [4.78, 5) is 19.4. The number of nitrogens with zero attached hydrogens (tertiary/aromatic N) is 3. The molecule has 2 aliphatic rings. The molecule has 134 valence electrons. The lowest BCUT2D eigenvalue weighted by molar-refractivity contribution is -0.133. The first kappa shape index (κ1) is 17.4. The molecule has 1 saturated carbocycles. The van der Waals surface area contributed by atoms with Crippen molar-refractivity contribution >= 4 is 5.91 Å². The van der Waals surface area contributed by atoms with Crippen molar-refractivity contribution in [2.24, 2.45) is 5.41 Å². The molecule has 1 aliphatic heterocycles. The molecule has 1 aromatic heterocycles. The molecule has 1 N–H and O–H groups in total. The fourth-order valence-electron chi connectivity index (χ4n) is 4.01. The number of likely N-dealkylation sites (tertiary alicyclic amines) is 1. The Balaban J connectivity index is 1.46. The Bertz CT molecular complexity index is 553. The standard InChI is InChI=1S/C18H30N4O2/c1-3-22-12-6-10-18(2,13-22)17(23)19-11-9-15-20-16(24-21-15)14-7-4-5-8-14/h14H,3-13H2,1-2H3,(H,19,23). The number of hydrogen-bond donors (Lipinski definition) is 1. The Labute approximate surface area is 144 Å². The van der Waals surface area contributed by atoms with Gasteiger partial charge in [-0.1, -0.05) is 24.9 Å². The van der Waals surface area contributed by atoms with Crippen molar-refractivity contribution in [3.63, 3.8) is 0 Å². The molecule has 1 aliphatic carbocycles. The van der Waals surface area contributed by atoms with E-state index in [2.05, 4.69) is 34.2 Å². The predicted octanol–water partition coefficient (Wildman–Crippen LogP) is 2.51. The number of nitrogens with one attached hydrogen (secondary N) is 1. The number of aromatic nitrogens is 2. The molecule has 2 heterocycles. The van der Waals surface area contributed by atoms with E-state index in [1.807, 2.05) is 0 Å². The average molecular weight is 334 g/mol. The molecule has 3 rings (SSSR count). The Morgan fingerprint density at radius 1 is 1.38 bits per heavy atom. The second-order valence-corrected chi connectivity index (χ2v) is 7.57. The molecule has 24 heavy (non-hydrogen) atoms. The summed E-state index contributed by atoms with van der Waals surface area (Å²) >= 11 is 0. The van der Waals surface area contributed by atoms with Crippen LogP contribution in [0.4, 0.5) is 0 Å². The third kappa shape index (κ3) is 3.97. The highest BCUT2D eigenvalue weighted by Crippen LogP contribution is 2.33. The predicted molar refractivity (Wildman–Crippen MR) is 91.7 cm³/mol. The van der Waals surface area contributed by atoms with E-state index in [9.17, 15) is 4.79 Å². The van der Waals surface area contributed by atoms with E-state index in [1.54, 1.807) is 0 Å². The second kappa shape index (κ2) is 7.64. The molecular formula is C18H30N4O2. The molecule has 1 unspecified atom stereocenters. The summed E-state index contributed by atoms with van der Waals surface area (Å²) in [5.41, 5.74) is -0.277. The van der Waals surface area contributed by atoms with E-state index in [1.165, 1.54) is 12.8 Å². The minimum Gasteiger partial charge on any atom is -0.355 e. The summed E-state index contributed by atoms with van der Waals surface area (Å²) in [6.45, 7) is 7.77. The lowest BCUT2D eigenvalue weighted by Crippen LogP contribution is -2.50. The Kier molecular flexibility index (Phi) is 5.54. The molecule has 1 aromatic rings. The van der Waals surface area contributed by atoms with E-state index < -0.39 is 0 Å². The van der Waals surface area contributed by atoms with Crippen molar-refractivity contribution in [3.05, 3.63) is 11.7 Å². The fourth-order valence-corrected chi connectivity index (χ4v) is 4.01. The number of piperidine rings is 1. The van der Waals surface area contributed by atoms with Gasteiger partial charge in [0.1, 0.15) is 0 Å². The van der Waals surface area contributed by atoms with Gasteiger partial charge in [0.15, 0.2) is 5.82 Å². The second-order valence-electron chi connectivity index (χ2n) is 7.57. The van der Waals surface area contributed by atoms with E-state index in [0.717, 1.165) is 51.2 Å². The quantitative estimate of drug-likeness (QED) is 0.865. The number of hydrogen-bond acceptors (Lipinski definition) is 5. The Morgan fingerprint density at radius 2 is 2.17 bits per heavy atom. The molecule has 6 heteroatoms. The smallest absolute Gasteiger partial charge is 0.229 e. The molecule has 1 saturated heterocycles. The first-order valence-electron chi connectivity index (χ1n) is 9.44. The molecule has 1 atom stereocenters. The maximum absolute atomic E-state index is 12.6. The molecule has 2 fully saturated rings. The minimum atomic E-state index is -0.277. The monoisotopic (exact) mass is 334 g/mol. The van der Waals surface area contributed by atoms with Gasteiger partial charge in [0, 0.05) is 25.4 Å². The summed E-state index contributed by atoms with van der Waals surface area (Å²) in [6.07, 6.45) is 7.51. The van der Waals surface area contributed by atoms with Gasteiger partial charge in [0.05, 0.1) is 5.41 Å². The average Bonchev–Trinajstić information content (AvgIpc) is 3.26. The SMILES string of the molecule is CCN1CCCC(C)(C(=O)NCCc2noc(C3CCCC3)n2)C1. The van der Waals surface area contributed by atoms with E-state index >= 15 is 0 Å². The van der Waals surface area contributed by atoms with Crippen molar-refractivity contribution < 1.29 is 9.32 Å². The lowest BCUT2D eigenvalue weighted by atomic mass is 9.81. The van der Waals surface area contributed by atoms with Gasteiger partial charge in [0.25, 0.3) is 0 Å². The molecule has 6 nitrogen and oxygen atoms in total. The summed E-state index contributed by atoms with van der Waals surface area (Å²) in [7, 11) is 0. The molecule has 0 aromatic carbocycles. The summed E-state index contributed by atoms with van der Waals surface area (Å²) in [5.74, 6) is 2.09. The van der Waals surface area contributed by atoms with Gasteiger partial charge in [-0.2, -0.15) is 4.98 Å². The van der Waals surface area contributed by atoms with Crippen molar-refractivity contribution in [2.45, 2.75) is 64.7 Å². The van der Waals surface area contributed by atoms with Crippen LogP contribution in [0.25, 0.3) is 0 Å². The molecular weight excluding hydrogens is 304 g/mol. The van der Waals surface area contributed by atoms with Crippen LogP contribution in [0.1, 0.15) is 70.0 Å². The number of amides is 1. The topological polar surface area (TPSA) is 71.3 Å². The molecule has 0 bridgehead atoms. The first-order valence-corrected chi connectivity index (χ1v) is 9.44. The maximum atomic E-state index is 12.6. The summed E-state index contributed by atoms with van der Waals surface area (Å²) in [6, 6.07) is 0. The Morgan fingerprint density at radius 3 is 2.92 bits per heavy atom. The minimum absolute atomic E-state index is 0.153. The zero-order valence-electron chi connectivity index (χ0n) is 15.0. The first-order chi connectivity index (χ1) is 11.6. The van der Waals surface area contributed by atoms with Crippen LogP contribution in [-0.4, -0.2) is 47.1 Å². The van der Waals surface area contributed by atoms with Crippen LogP contribution in [0.5, 0.6) is 0 Å². The highest BCUT2D eigenvalue weighted by atomic mass is 16.5. The van der Waals surface area contributed by atoms with E-state index in [-0.39, 0.29) is 11.3 Å². The van der Waals surface area contributed by atoms with Crippen LogP contribution in [-0.2, 0) is 11.2 Å². The van der Waals surface area contributed by atoms with Crippen molar-refractivity contribution in [1.29, 1.82) is 0 Å². The highest BCUT2D eigenvalue weighted by Gasteiger charge is 2.37. The summed E-state index contributed by atoms with van der Waals surface area (Å²) in [5, 5.41) is 7.14. The largest absolute Gasteiger partial charge is 0.355 e. The third-order valence-corrected chi connectivity index (χ3v) is 5.59. The van der Waals surface area contributed by atoms with Crippen molar-refractivity contribution in [1.82, 2.24) is 20.4 Å².